The van der Waals surface area contributed by atoms with Gasteiger partial charge in [0.1, 0.15) is 11.6 Å². The molecule has 0 spiro atoms. The Bertz CT molecular complexity index is 1120. The zero-order chi connectivity index (χ0) is 21.8. The molecule has 3 aromatic rings. The van der Waals surface area contributed by atoms with E-state index in [4.69, 9.17) is 17.0 Å². The summed E-state index contributed by atoms with van der Waals surface area (Å²) in [5, 5.41) is 4.71. The van der Waals surface area contributed by atoms with E-state index in [1.54, 1.807) is 19.2 Å². The minimum atomic E-state index is -0.292. The Balaban J connectivity index is 1.62. The normalized spacial score (nSPS) is 14.4. The number of H-pyrrole nitrogens is 1. The lowest BCUT2D eigenvalue weighted by Gasteiger charge is -2.36. The third kappa shape index (κ3) is 5.05. The number of halogens is 1. The molecule has 0 saturated heterocycles. The number of aromatic amines is 1. The van der Waals surface area contributed by atoms with Crippen LogP contribution in [-0.2, 0) is 6.54 Å². The highest BCUT2D eigenvalue weighted by molar-refractivity contribution is 7.80. The molecule has 4 rings (SSSR count). The van der Waals surface area contributed by atoms with E-state index in [0.29, 0.717) is 23.0 Å². The molecule has 1 aliphatic rings. The van der Waals surface area contributed by atoms with E-state index in [1.165, 1.54) is 18.6 Å². The second kappa shape index (κ2) is 9.47. The van der Waals surface area contributed by atoms with Gasteiger partial charge in [0.25, 0.3) is 5.56 Å². The number of rotatable bonds is 5. The first-order chi connectivity index (χ1) is 15.0. The van der Waals surface area contributed by atoms with E-state index in [-0.39, 0.29) is 17.4 Å². The van der Waals surface area contributed by atoms with E-state index >= 15 is 0 Å². The number of aromatic nitrogens is 1. The Labute approximate surface area is 186 Å². The lowest BCUT2D eigenvalue weighted by atomic mass is 9.94. The van der Waals surface area contributed by atoms with Crippen LogP contribution in [0.4, 0.5) is 10.1 Å². The van der Waals surface area contributed by atoms with E-state index in [1.807, 2.05) is 24.3 Å². The van der Waals surface area contributed by atoms with Crippen molar-refractivity contribution in [3.8, 4) is 5.75 Å². The smallest absolute Gasteiger partial charge is 0.253 e. The Morgan fingerprint density at radius 3 is 2.61 bits per heavy atom. The van der Waals surface area contributed by atoms with Crippen molar-refractivity contribution in [3.63, 3.8) is 0 Å². The molecule has 0 radical (unpaired) electrons. The second-order valence-corrected chi connectivity index (χ2v) is 8.32. The Kier molecular flexibility index (Phi) is 6.51. The van der Waals surface area contributed by atoms with E-state index in [9.17, 15) is 9.18 Å². The third-order valence-electron chi connectivity index (χ3n) is 5.84. The predicted molar refractivity (Wildman–Crippen MR) is 126 cm³/mol. The number of hydrogen-bond donors (Lipinski definition) is 2. The molecule has 162 valence electrons. The lowest BCUT2D eigenvalue weighted by molar-refractivity contribution is 0.240. The van der Waals surface area contributed by atoms with Gasteiger partial charge in [0.15, 0.2) is 5.11 Å². The van der Waals surface area contributed by atoms with Crippen LogP contribution < -0.4 is 15.6 Å². The molecular weight excluding hydrogens is 413 g/mol. The Hall–Kier alpha value is -2.93. The number of methoxy groups -OCH3 is 1. The highest BCUT2D eigenvalue weighted by Crippen LogP contribution is 2.26. The zero-order valence-corrected chi connectivity index (χ0v) is 18.3. The number of fused-ring (bicyclic) bond motifs is 1. The van der Waals surface area contributed by atoms with Crippen LogP contribution in [0.1, 0.15) is 37.7 Å². The van der Waals surface area contributed by atoms with Gasteiger partial charge < -0.3 is 19.9 Å². The zero-order valence-electron chi connectivity index (χ0n) is 17.5. The SMILES string of the molecule is COc1ccc2cc(CN(C(=S)Nc3ccc(F)cc3)C3CCCCC3)c(=O)[nH]c2c1. The lowest BCUT2D eigenvalue weighted by Crippen LogP contribution is -2.44. The average Bonchev–Trinajstić information content (AvgIpc) is 2.79. The number of thiocarbonyl (C=S) groups is 1. The molecule has 0 amide bonds. The van der Waals surface area contributed by atoms with Crippen molar-refractivity contribution in [1.29, 1.82) is 0 Å². The number of hydrogen-bond acceptors (Lipinski definition) is 3. The summed E-state index contributed by atoms with van der Waals surface area (Å²) in [6, 6.07) is 14.0. The number of pyridine rings is 1. The molecule has 31 heavy (non-hydrogen) atoms. The maximum atomic E-state index is 13.3. The predicted octanol–water partition coefficient (Wildman–Crippen LogP) is 5.21. The van der Waals surface area contributed by atoms with Gasteiger partial charge in [-0.05, 0) is 72.9 Å². The summed E-state index contributed by atoms with van der Waals surface area (Å²) in [4.78, 5) is 17.9. The van der Waals surface area contributed by atoms with Crippen LogP contribution in [0.2, 0.25) is 0 Å². The Morgan fingerprint density at radius 1 is 1.16 bits per heavy atom. The summed E-state index contributed by atoms with van der Waals surface area (Å²) in [6.07, 6.45) is 5.59. The molecule has 0 atom stereocenters. The van der Waals surface area contributed by atoms with Crippen LogP contribution in [0.5, 0.6) is 5.75 Å². The fraction of sp³-hybridized carbons (Fsp3) is 0.333. The van der Waals surface area contributed by atoms with Crippen molar-refractivity contribution in [2.45, 2.75) is 44.7 Å². The van der Waals surface area contributed by atoms with Crippen molar-refractivity contribution < 1.29 is 9.13 Å². The van der Waals surface area contributed by atoms with Gasteiger partial charge >= 0.3 is 0 Å². The van der Waals surface area contributed by atoms with Gasteiger partial charge in [-0.15, -0.1) is 0 Å². The molecule has 1 aromatic heterocycles. The molecule has 0 unspecified atom stereocenters. The Morgan fingerprint density at radius 2 is 1.90 bits per heavy atom. The maximum absolute atomic E-state index is 13.3. The first kappa shape index (κ1) is 21.3. The van der Waals surface area contributed by atoms with Gasteiger partial charge in [-0.1, -0.05) is 19.3 Å². The highest BCUT2D eigenvalue weighted by atomic mass is 32.1. The van der Waals surface area contributed by atoms with Crippen LogP contribution in [0.15, 0.2) is 53.3 Å². The summed E-state index contributed by atoms with van der Waals surface area (Å²) >= 11 is 5.73. The van der Waals surface area contributed by atoms with Crippen molar-refractivity contribution in [2.24, 2.45) is 0 Å². The first-order valence-electron chi connectivity index (χ1n) is 10.6. The molecular formula is C24H26FN3O2S. The fourth-order valence-corrected chi connectivity index (χ4v) is 4.47. The molecule has 0 bridgehead atoms. The molecule has 7 heteroatoms. The minimum absolute atomic E-state index is 0.133. The number of nitrogens with one attached hydrogen (secondary N) is 2. The largest absolute Gasteiger partial charge is 0.497 e. The van der Waals surface area contributed by atoms with Crippen molar-refractivity contribution >= 4 is 33.9 Å². The van der Waals surface area contributed by atoms with Crippen LogP contribution in [0.3, 0.4) is 0 Å². The molecule has 5 nitrogen and oxygen atoms in total. The third-order valence-corrected chi connectivity index (χ3v) is 6.18. The number of ether oxygens (including phenoxy) is 1. The van der Waals surface area contributed by atoms with Crippen molar-refractivity contribution in [3.05, 3.63) is 70.3 Å². The molecule has 2 N–H and O–H groups in total. The summed E-state index contributed by atoms with van der Waals surface area (Å²) < 4.78 is 18.5. The molecule has 1 fully saturated rings. The summed E-state index contributed by atoms with van der Waals surface area (Å²) in [7, 11) is 1.60. The molecule has 0 aliphatic heterocycles. The molecule has 1 aliphatic carbocycles. The van der Waals surface area contributed by atoms with Crippen LogP contribution in [0, 0.1) is 5.82 Å². The van der Waals surface area contributed by atoms with Gasteiger partial charge in [-0.25, -0.2) is 4.39 Å². The standard InChI is InChI=1S/C24H26FN3O2S/c1-30-21-12-7-16-13-17(23(29)27-22(16)14-21)15-28(20-5-3-2-4-6-20)24(31)26-19-10-8-18(25)9-11-19/h7-14,20H,2-6,15H2,1H3,(H,26,31)(H,27,29). The van der Waals surface area contributed by atoms with Gasteiger partial charge in [0.05, 0.1) is 19.2 Å². The van der Waals surface area contributed by atoms with Crippen LogP contribution >= 0.6 is 12.2 Å². The van der Waals surface area contributed by atoms with Crippen molar-refractivity contribution in [2.75, 3.05) is 12.4 Å². The first-order valence-corrected chi connectivity index (χ1v) is 11.0. The van der Waals surface area contributed by atoms with Gasteiger partial charge in [0.2, 0.25) is 0 Å². The minimum Gasteiger partial charge on any atom is -0.497 e. The van der Waals surface area contributed by atoms with Crippen LogP contribution in [-0.4, -0.2) is 28.1 Å². The average molecular weight is 440 g/mol. The maximum Gasteiger partial charge on any atom is 0.253 e. The number of benzene rings is 2. The number of anilines is 1. The van der Waals surface area contributed by atoms with Gasteiger partial charge in [-0.3, -0.25) is 4.79 Å². The number of nitrogens with zero attached hydrogens (tertiary/aromatic N) is 1. The van der Waals surface area contributed by atoms with Crippen LogP contribution in [0.25, 0.3) is 10.9 Å². The van der Waals surface area contributed by atoms with E-state index in [2.05, 4.69) is 15.2 Å². The highest BCUT2D eigenvalue weighted by Gasteiger charge is 2.24. The van der Waals surface area contributed by atoms with Gasteiger partial charge in [-0.2, -0.15) is 0 Å². The second-order valence-electron chi connectivity index (χ2n) is 7.93. The van der Waals surface area contributed by atoms with Crippen molar-refractivity contribution in [1.82, 2.24) is 9.88 Å². The molecule has 1 heterocycles. The summed E-state index contributed by atoms with van der Waals surface area (Å²) in [6.45, 7) is 0.412. The molecule has 1 saturated carbocycles. The van der Waals surface area contributed by atoms with E-state index in [0.717, 1.165) is 42.3 Å². The summed E-state index contributed by atoms with van der Waals surface area (Å²) in [5.74, 6) is 0.407. The quantitative estimate of drug-likeness (QED) is 0.535. The topological polar surface area (TPSA) is 57.4 Å². The fourth-order valence-electron chi connectivity index (χ4n) is 4.14. The molecule has 2 aromatic carbocycles. The summed E-state index contributed by atoms with van der Waals surface area (Å²) in [5.41, 5.74) is 1.99. The monoisotopic (exact) mass is 439 g/mol. The van der Waals surface area contributed by atoms with Gasteiger partial charge in [0, 0.05) is 23.4 Å². The van der Waals surface area contributed by atoms with E-state index < -0.39 is 0 Å².